The lowest BCUT2D eigenvalue weighted by molar-refractivity contribution is 0.0569. The van der Waals surface area contributed by atoms with Crippen LogP contribution in [0.25, 0.3) is 21.9 Å². The number of aromatic nitrogens is 2. The van der Waals surface area contributed by atoms with Crippen LogP contribution in [0.2, 0.25) is 0 Å². The van der Waals surface area contributed by atoms with Gasteiger partial charge in [0.15, 0.2) is 12.0 Å². The van der Waals surface area contributed by atoms with Crippen LogP contribution >= 0.6 is 12.4 Å². The molecule has 3 N–H and O–H groups in total. The number of benzene rings is 2. The molecule has 1 unspecified atom stereocenters. The van der Waals surface area contributed by atoms with Gasteiger partial charge in [-0.25, -0.2) is 18.1 Å². The van der Waals surface area contributed by atoms with E-state index in [1.165, 1.54) is 6.39 Å². The molecular weight excluding hydrogens is 452 g/mol. The first-order valence-corrected chi connectivity index (χ1v) is 11.4. The first-order valence-electron chi connectivity index (χ1n) is 9.87. The van der Waals surface area contributed by atoms with E-state index in [9.17, 15) is 13.5 Å². The zero-order valence-electron chi connectivity index (χ0n) is 17.6. The number of hydrogen-bond acceptors (Lipinski definition) is 7. The average molecular weight is 477 g/mol. The second-order valence-corrected chi connectivity index (χ2v) is 9.56. The monoisotopic (exact) mass is 476 g/mol. The van der Waals surface area contributed by atoms with Crippen LogP contribution in [-0.2, 0) is 15.6 Å². The Bertz CT molecular complexity index is 1320. The van der Waals surface area contributed by atoms with Gasteiger partial charge in [0, 0.05) is 36.9 Å². The summed E-state index contributed by atoms with van der Waals surface area (Å²) in [6.45, 7) is 4.05. The molecule has 0 spiro atoms. The lowest BCUT2D eigenvalue weighted by atomic mass is 9.95. The van der Waals surface area contributed by atoms with Crippen molar-refractivity contribution in [3.63, 3.8) is 0 Å². The molecule has 0 radical (unpaired) electrons. The normalized spacial score (nSPS) is 14.7. The van der Waals surface area contributed by atoms with Gasteiger partial charge >= 0.3 is 0 Å². The molecule has 0 aliphatic rings. The lowest BCUT2D eigenvalue weighted by Gasteiger charge is -2.25. The molecule has 4 rings (SSSR count). The maximum Gasteiger partial charge on any atom is 0.240 e. The van der Waals surface area contributed by atoms with E-state index in [-0.39, 0.29) is 29.9 Å². The second-order valence-electron chi connectivity index (χ2n) is 7.85. The standard InChI is InChI=1S/C22H24N4O4S.ClH/c1-15(26-31(28,29)19-5-3-17-12-23-8-7-16(17)9-19)11-24-13-22(2,27)18-4-6-21-20(10-18)25-14-30-21;/h3-10,12,14-15,24,26-27H,11,13H2,1-2H3;1H/t15?,22-;/m0./s1. The Morgan fingerprint density at radius 1 is 1.16 bits per heavy atom. The van der Waals surface area contributed by atoms with Crippen LogP contribution in [0.3, 0.4) is 0 Å². The zero-order chi connectivity index (χ0) is 22.1. The van der Waals surface area contributed by atoms with Gasteiger partial charge in [-0.15, -0.1) is 12.4 Å². The van der Waals surface area contributed by atoms with Gasteiger partial charge in [0.05, 0.1) is 10.5 Å². The van der Waals surface area contributed by atoms with Crippen molar-refractivity contribution in [2.45, 2.75) is 30.4 Å². The molecule has 0 saturated carbocycles. The summed E-state index contributed by atoms with van der Waals surface area (Å²) in [7, 11) is -3.68. The second kappa shape index (κ2) is 9.51. The summed E-state index contributed by atoms with van der Waals surface area (Å²) in [5.74, 6) is 0. The molecule has 10 heteroatoms. The Kier molecular flexibility index (Phi) is 7.16. The maximum absolute atomic E-state index is 12.7. The molecule has 2 aromatic heterocycles. The minimum Gasteiger partial charge on any atom is -0.443 e. The number of nitrogens with one attached hydrogen (secondary N) is 2. The van der Waals surface area contributed by atoms with Gasteiger partial charge in [-0.3, -0.25) is 4.98 Å². The number of nitrogens with zero attached hydrogens (tertiary/aromatic N) is 2. The van der Waals surface area contributed by atoms with Gasteiger partial charge in [-0.2, -0.15) is 0 Å². The third kappa shape index (κ3) is 5.25. The summed E-state index contributed by atoms with van der Waals surface area (Å²) in [5.41, 5.74) is 0.865. The zero-order valence-corrected chi connectivity index (χ0v) is 19.3. The number of oxazole rings is 1. The van der Waals surface area contributed by atoms with E-state index >= 15 is 0 Å². The van der Waals surface area contributed by atoms with Crippen LogP contribution in [0, 0.1) is 0 Å². The van der Waals surface area contributed by atoms with Gasteiger partial charge in [-0.05, 0) is 55.1 Å². The van der Waals surface area contributed by atoms with E-state index in [0.717, 1.165) is 10.8 Å². The van der Waals surface area contributed by atoms with Crippen LogP contribution in [0.4, 0.5) is 0 Å². The van der Waals surface area contributed by atoms with Crippen LogP contribution in [0.1, 0.15) is 19.4 Å². The fourth-order valence-corrected chi connectivity index (χ4v) is 4.71. The highest BCUT2D eigenvalue weighted by atomic mass is 35.5. The van der Waals surface area contributed by atoms with Crippen molar-refractivity contribution in [2.75, 3.05) is 13.1 Å². The smallest absolute Gasteiger partial charge is 0.240 e. The molecule has 0 bridgehead atoms. The SMILES string of the molecule is CC(CNC[C@](C)(O)c1ccc2ocnc2c1)NS(=O)(=O)c1ccc2cnccc2c1.Cl. The molecule has 0 aliphatic carbocycles. The van der Waals surface area contributed by atoms with Crippen LogP contribution in [0.15, 0.2) is 70.6 Å². The highest BCUT2D eigenvalue weighted by Gasteiger charge is 2.24. The van der Waals surface area contributed by atoms with Crippen LogP contribution in [-0.4, -0.2) is 42.6 Å². The number of pyridine rings is 1. The van der Waals surface area contributed by atoms with E-state index in [1.54, 1.807) is 68.7 Å². The molecule has 2 heterocycles. The van der Waals surface area contributed by atoms with Gasteiger partial charge in [0.2, 0.25) is 10.0 Å². The molecule has 2 aromatic carbocycles. The maximum atomic E-state index is 12.7. The summed E-state index contributed by atoms with van der Waals surface area (Å²) in [6, 6.07) is 11.7. The number of hydrogen-bond donors (Lipinski definition) is 3. The van der Waals surface area contributed by atoms with Crippen molar-refractivity contribution in [2.24, 2.45) is 0 Å². The minimum absolute atomic E-state index is 0. The van der Waals surface area contributed by atoms with Crippen molar-refractivity contribution in [3.8, 4) is 0 Å². The first kappa shape index (κ1) is 24.1. The molecule has 8 nitrogen and oxygen atoms in total. The Labute approximate surface area is 192 Å². The fraction of sp³-hybridized carbons (Fsp3) is 0.273. The number of rotatable bonds is 8. The largest absolute Gasteiger partial charge is 0.443 e. The lowest BCUT2D eigenvalue weighted by Crippen LogP contribution is -2.44. The Hall–Kier alpha value is -2.56. The topological polar surface area (TPSA) is 117 Å². The van der Waals surface area contributed by atoms with E-state index < -0.39 is 15.6 Å². The number of aliphatic hydroxyl groups is 1. The summed E-state index contributed by atoms with van der Waals surface area (Å²) in [6.07, 6.45) is 4.69. The fourth-order valence-electron chi connectivity index (χ4n) is 3.43. The first-order chi connectivity index (χ1) is 14.7. The molecule has 4 aromatic rings. The molecule has 2 atom stereocenters. The van der Waals surface area contributed by atoms with E-state index in [4.69, 9.17) is 4.42 Å². The van der Waals surface area contributed by atoms with Crippen molar-refractivity contribution < 1.29 is 17.9 Å². The Morgan fingerprint density at radius 3 is 2.78 bits per heavy atom. The minimum atomic E-state index is -3.68. The van der Waals surface area contributed by atoms with Crippen molar-refractivity contribution in [3.05, 3.63) is 66.8 Å². The third-order valence-corrected chi connectivity index (χ3v) is 6.74. The molecule has 0 amide bonds. The Morgan fingerprint density at radius 2 is 1.97 bits per heavy atom. The van der Waals surface area contributed by atoms with E-state index in [0.29, 0.717) is 23.2 Å². The van der Waals surface area contributed by atoms with Gasteiger partial charge < -0.3 is 14.8 Å². The van der Waals surface area contributed by atoms with Gasteiger partial charge in [0.1, 0.15) is 5.52 Å². The number of sulfonamides is 1. The molecular formula is C22H25ClN4O4S. The third-order valence-electron chi connectivity index (χ3n) is 5.15. The summed E-state index contributed by atoms with van der Waals surface area (Å²) >= 11 is 0. The van der Waals surface area contributed by atoms with Crippen molar-refractivity contribution in [1.82, 2.24) is 20.0 Å². The average Bonchev–Trinajstić information content (AvgIpc) is 3.21. The molecule has 0 fully saturated rings. The van der Waals surface area contributed by atoms with Crippen molar-refractivity contribution in [1.29, 1.82) is 0 Å². The van der Waals surface area contributed by atoms with E-state index in [2.05, 4.69) is 20.0 Å². The summed E-state index contributed by atoms with van der Waals surface area (Å²) in [4.78, 5) is 8.35. The highest BCUT2D eigenvalue weighted by molar-refractivity contribution is 7.89. The highest BCUT2D eigenvalue weighted by Crippen LogP contribution is 2.24. The number of halogens is 1. The van der Waals surface area contributed by atoms with Crippen molar-refractivity contribution >= 4 is 44.3 Å². The summed E-state index contributed by atoms with van der Waals surface area (Å²) < 4.78 is 33.4. The predicted molar refractivity (Wildman–Crippen MR) is 125 cm³/mol. The molecule has 0 aliphatic heterocycles. The van der Waals surface area contributed by atoms with Gasteiger partial charge in [-0.1, -0.05) is 12.1 Å². The quantitative estimate of drug-likeness (QED) is 0.358. The number of fused-ring (bicyclic) bond motifs is 2. The van der Waals surface area contributed by atoms with Gasteiger partial charge in [0.25, 0.3) is 0 Å². The molecule has 170 valence electrons. The predicted octanol–water partition coefficient (Wildman–Crippen LogP) is 2.96. The summed E-state index contributed by atoms with van der Waals surface area (Å²) in [5, 5.41) is 15.7. The van der Waals surface area contributed by atoms with E-state index in [1.807, 2.05) is 0 Å². The van der Waals surface area contributed by atoms with Crippen LogP contribution in [0.5, 0.6) is 0 Å². The van der Waals surface area contributed by atoms with Crippen LogP contribution < -0.4 is 10.0 Å². The molecule has 0 saturated heterocycles. The molecule has 32 heavy (non-hydrogen) atoms. The Balaban J connectivity index is 0.00000289.